The SMILES string of the molecule is CC(C)OCC(N)c1ccc2c(c1)CCC2. The largest absolute Gasteiger partial charge is 0.377 e. The molecule has 2 N–H and O–H groups in total. The molecule has 88 valence electrons. The summed E-state index contributed by atoms with van der Waals surface area (Å²) in [6, 6.07) is 6.65. The molecule has 0 saturated heterocycles. The van der Waals surface area contributed by atoms with Crippen LogP contribution in [0.3, 0.4) is 0 Å². The summed E-state index contributed by atoms with van der Waals surface area (Å²) in [5.41, 5.74) is 10.3. The Morgan fingerprint density at radius 3 is 2.75 bits per heavy atom. The Labute approximate surface area is 97.8 Å². The zero-order chi connectivity index (χ0) is 11.5. The molecule has 0 radical (unpaired) electrons. The normalized spacial score (nSPS) is 16.5. The summed E-state index contributed by atoms with van der Waals surface area (Å²) in [5, 5.41) is 0. The molecule has 1 aliphatic rings. The van der Waals surface area contributed by atoms with Gasteiger partial charge < -0.3 is 10.5 Å². The molecule has 0 amide bonds. The van der Waals surface area contributed by atoms with Gasteiger partial charge in [0.1, 0.15) is 0 Å². The molecule has 0 heterocycles. The molecule has 1 aromatic rings. The lowest BCUT2D eigenvalue weighted by Gasteiger charge is -2.15. The van der Waals surface area contributed by atoms with Gasteiger partial charge in [0.25, 0.3) is 0 Å². The van der Waals surface area contributed by atoms with Crippen molar-refractivity contribution < 1.29 is 4.74 Å². The van der Waals surface area contributed by atoms with Gasteiger partial charge in [-0.2, -0.15) is 0 Å². The van der Waals surface area contributed by atoms with Crippen molar-refractivity contribution >= 4 is 0 Å². The van der Waals surface area contributed by atoms with E-state index in [9.17, 15) is 0 Å². The molecular formula is C14H21NO. The molecule has 0 aliphatic heterocycles. The minimum Gasteiger partial charge on any atom is -0.377 e. The van der Waals surface area contributed by atoms with Gasteiger partial charge in [0.15, 0.2) is 0 Å². The zero-order valence-corrected chi connectivity index (χ0v) is 10.2. The first-order chi connectivity index (χ1) is 7.66. The Morgan fingerprint density at radius 1 is 1.25 bits per heavy atom. The number of hydrogen-bond acceptors (Lipinski definition) is 2. The van der Waals surface area contributed by atoms with E-state index in [4.69, 9.17) is 10.5 Å². The molecule has 1 atom stereocenters. The van der Waals surface area contributed by atoms with E-state index >= 15 is 0 Å². The van der Waals surface area contributed by atoms with Crippen LogP contribution in [0.25, 0.3) is 0 Å². The second-order valence-electron chi connectivity index (χ2n) is 4.87. The smallest absolute Gasteiger partial charge is 0.0662 e. The molecule has 0 bridgehead atoms. The quantitative estimate of drug-likeness (QED) is 0.844. The van der Waals surface area contributed by atoms with Crippen molar-refractivity contribution in [1.29, 1.82) is 0 Å². The summed E-state index contributed by atoms with van der Waals surface area (Å²) >= 11 is 0. The van der Waals surface area contributed by atoms with Gasteiger partial charge in [0.2, 0.25) is 0 Å². The van der Waals surface area contributed by atoms with E-state index in [2.05, 4.69) is 18.2 Å². The van der Waals surface area contributed by atoms with E-state index in [1.807, 2.05) is 13.8 Å². The number of rotatable bonds is 4. The fourth-order valence-corrected chi connectivity index (χ4v) is 2.21. The van der Waals surface area contributed by atoms with Gasteiger partial charge >= 0.3 is 0 Å². The average Bonchev–Trinajstić information content (AvgIpc) is 2.72. The Balaban J connectivity index is 2.03. The van der Waals surface area contributed by atoms with E-state index in [-0.39, 0.29) is 12.1 Å². The number of aryl methyl sites for hydroxylation is 2. The van der Waals surface area contributed by atoms with Crippen molar-refractivity contribution in [3.63, 3.8) is 0 Å². The van der Waals surface area contributed by atoms with Crippen molar-refractivity contribution in [2.45, 2.75) is 45.3 Å². The van der Waals surface area contributed by atoms with Gasteiger partial charge in [0.05, 0.1) is 18.8 Å². The van der Waals surface area contributed by atoms with Gasteiger partial charge in [-0.05, 0) is 49.8 Å². The summed E-state index contributed by atoms with van der Waals surface area (Å²) in [7, 11) is 0. The first-order valence-corrected chi connectivity index (χ1v) is 6.15. The number of fused-ring (bicyclic) bond motifs is 1. The summed E-state index contributed by atoms with van der Waals surface area (Å²) in [6.45, 7) is 4.68. The molecule has 2 nitrogen and oxygen atoms in total. The molecule has 0 saturated carbocycles. The van der Waals surface area contributed by atoms with Gasteiger partial charge in [-0.15, -0.1) is 0 Å². The molecule has 0 aromatic heterocycles. The van der Waals surface area contributed by atoms with Gasteiger partial charge in [0, 0.05) is 0 Å². The highest BCUT2D eigenvalue weighted by molar-refractivity contribution is 5.36. The Hall–Kier alpha value is -0.860. The minimum absolute atomic E-state index is 0.00769. The summed E-state index contributed by atoms with van der Waals surface area (Å²) in [5.74, 6) is 0. The van der Waals surface area contributed by atoms with Crippen molar-refractivity contribution in [1.82, 2.24) is 0 Å². The third kappa shape index (κ3) is 2.63. The van der Waals surface area contributed by atoms with Crippen LogP contribution in [-0.2, 0) is 17.6 Å². The first kappa shape index (κ1) is 11.6. The molecular weight excluding hydrogens is 198 g/mol. The van der Waals surface area contributed by atoms with E-state index in [0.717, 1.165) is 0 Å². The molecule has 1 unspecified atom stereocenters. The number of hydrogen-bond donors (Lipinski definition) is 1. The van der Waals surface area contributed by atoms with Gasteiger partial charge in [-0.1, -0.05) is 18.2 Å². The maximum Gasteiger partial charge on any atom is 0.0662 e. The summed E-state index contributed by atoms with van der Waals surface area (Å²) in [6.07, 6.45) is 3.98. The zero-order valence-electron chi connectivity index (χ0n) is 10.2. The molecule has 1 aromatic carbocycles. The molecule has 0 spiro atoms. The molecule has 2 heteroatoms. The fourth-order valence-electron chi connectivity index (χ4n) is 2.21. The predicted octanol–water partition coefficient (Wildman–Crippen LogP) is 2.60. The van der Waals surface area contributed by atoms with Crippen molar-refractivity contribution in [3.8, 4) is 0 Å². The van der Waals surface area contributed by atoms with Crippen LogP contribution < -0.4 is 5.73 Å². The fraction of sp³-hybridized carbons (Fsp3) is 0.571. The van der Waals surface area contributed by atoms with Crippen LogP contribution >= 0.6 is 0 Å². The van der Waals surface area contributed by atoms with Crippen LogP contribution in [0, 0.1) is 0 Å². The lowest BCUT2D eigenvalue weighted by molar-refractivity contribution is 0.0683. The van der Waals surface area contributed by atoms with Crippen LogP contribution in [-0.4, -0.2) is 12.7 Å². The average molecular weight is 219 g/mol. The van der Waals surface area contributed by atoms with E-state index in [1.54, 1.807) is 0 Å². The maximum absolute atomic E-state index is 6.11. The lowest BCUT2D eigenvalue weighted by atomic mass is 10.0. The molecule has 2 rings (SSSR count). The second kappa shape index (κ2) is 4.98. The third-order valence-corrected chi connectivity index (χ3v) is 3.16. The Bertz CT molecular complexity index is 360. The topological polar surface area (TPSA) is 35.2 Å². The van der Waals surface area contributed by atoms with Crippen LogP contribution in [0.15, 0.2) is 18.2 Å². The monoisotopic (exact) mass is 219 g/mol. The summed E-state index contributed by atoms with van der Waals surface area (Å²) in [4.78, 5) is 0. The van der Waals surface area contributed by atoms with Crippen molar-refractivity contribution in [3.05, 3.63) is 34.9 Å². The maximum atomic E-state index is 6.11. The Kier molecular flexibility index (Phi) is 3.62. The molecule has 16 heavy (non-hydrogen) atoms. The van der Waals surface area contributed by atoms with Crippen LogP contribution in [0.4, 0.5) is 0 Å². The Morgan fingerprint density at radius 2 is 2.00 bits per heavy atom. The van der Waals surface area contributed by atoms with E-state index < -0.39 is 0 Å². The van der Waals surface area contributed by atoms with Crippen LogP contribution in [0.2, 0.25) is 0 Å². The highest BCUT2D eigenvalue weighted by Crippen LogP contribution is 2.24. The number of nitrogens with two attached hydrogens (primary N) is 1. The van der Waals surface area contributed by atoms with Gasteiger partial charge in [-0.25, -0.2) is 0 Å². The van der Waals surface area contributed by atoms with Crippen LogP contribution in [0.5, 0.6) is 0 Å². The van der Waals surface area contributed by atoms with E-state index in [0.29, 0.717) is 6.61 Å². The predicted molar refractivity (Wildman–Crippen MR) is 66.5 cm³/mol. The second-order valence-corrected chi connectivity index (χ2v) is 4.87. The van der Waals surface area contributed by atoms with Crippen molar-refractivity contribution in [2.24, 2.45) is 5.73 Å². The lowest BCUT2D eigenvalue weighted by Crippen LogP contribution is -2.19. The number of benzene rings is 1. The number of ether oxygens (including phenoxy) is 1. The summed E-state index contributed by atoms with van der Waals surface area (Å²) < 4.78 is 5.55. The van der Waals surface area contributed by atoms with Crippen molar-refractivity contribution in [2.75, 3.05) is 6.61 Å². The highest BCUT2D eigenvalue weighted by Gasteiger charge is 2.14. The van der Waals surface area contributed by atoms with Gasteiger partial charge in [-0.3, -0.25) is 0 Å². The minimum atomic E-state index is 0.00769. The molecule has 1 aliphatic carbocycles. The highest BCUT2D eigenvalue weighted by atomic mass is 16.5. The molecule has 0 fully saturated rings. The van der Waals surface area contributed by atoms with Crippen LogP contribution in [0.1, 0.15) is 43.0 Å². The first-order valence-electron chi connectivity index (χ1n) is 6.15. The van der Waals surface area contributed by atoms with E-state index in [1.165, 1.54) is 36.0 Å². The third-order valence-electron chi connectivity index (χ3n) is 3.16. The standard InChI is InChI=1S/C14H21NO/c1-10(2)16-9-14(15)13-7-6-11-4-3-5-12(11)8-13/h6-8,10,14H,3-5,9,15H2,1-2H3.